The summed E-state index contributed by atoms with van der Waals surface area (Å²) in [4.78, 5) is 12.0. The van der Waals surface area contributed by atoms with Crippen molar-refractivity contribution in [1.82, 2.24) is 0 Å². The fourth-order valence-electron chi connectivity index (χ4n) is 1.89. The van der Waals surface area contributed by atoms with Crippen LogP contribution in [0.15, 0.2) is 60.7 Å². The molecule has 0 aliphatic rings. The van der Waals surface area contributed by atoms with Crippen molar-refractivity contribution >= 4 is 5.97 Å². The molecule has 0 aliphatic carbocycles. The number of esters is 1. The molecule has 2 N–H and O–H groups in total. The van der Waals surface area contributed by atoms with Crippen LogP contribution >= 0.6 is 0 Å². The number of para-hydroxylation sites is 1. The van der Waals surface area contributed by atoms with Crippen LogP contribution in [-0.4, -0.2) is 19.7 Å². The number of rotatable bonds is 5. The Morgan fingerprint density at radius 2 is 1.60 bits per heavy atom. The van der Waals surface area contributed by atoms with Gasteiger partial charge in [-0.1, -0.05) is 48.5 Å². The fraction of sp³-hybridized carbons (Fsp3) is 0.188. The van der Waals surface area contributed by atoms with Crippen LogP contribution < -0.4 is 10.5 Å². The molecule has 0 saturated heterocycles. The van der Waals surface area contributed by atoms with Gasteiger partial charge in [0.2, 0.25) is 0 Å². The predicted octanol–water partition coefficient (Wildman–Crippen LogP) is 2.09. The summed E-state index contributed by atoms with van der Waals surface area (Å²) in [7, 11) is 1.31. The summed E-state index contributed by atoms with van der Waals surface area (Å²) in [5, 5.41) is 0. The summed E-state index contributed by atoms with van der Waals surface area (Å²) in [6.07, 6.45) is 0. The van der Waals surface area contributed by atoms with E-state index in [1.807, 2.05) is 48.5 Å². The molecule has 4 heteroatoms. The number of nitrogens with two attached hydrogens (primary N) is 1. The Kier molecular flexibility index (Phi) is 4.38. The van der Waals surface area contributed by atoms with Crippen LogP contribution in [0.25, 0.3) is 0 Å². The Balaban J connectivity index is 2.22. The van der Waals surface area contributed by atoms with Crippen molar-refractivity contribution in [2.45, 2.75) is 5.54 Å². The van der Waals surface area contributed by atoms with Gasteiger partial charge in [-0.15, -0.1) is 0 Å². The van der Waals surface area contributed by atoms with Crippen LogP contribution in [0.1, 0.15) is 5.56 Å². The highest BCUT2D eigenvalue weighted by Gasteiger charge is 2.38. The highest BCUT2D eigenvalue weighted by molar-refractivity contribution is 5.82. The van der Waals surface area contributed by atoms with Crippen molar-refractivity contribution < 1.29 is 14.3 Å². The summed E-state index contributed by atoms with van der Waals surface area (Å²) in [5.41, 5.74) is 5.55. The second-order valence-electron chi connectivity index (χ2n) is 4.43. The lowest BCUT2D eigenvalue weighted by Crippen LogP contribution is -2.50. The summed E-state index contributed by atoms with van der Waals surface area (Å²) in [6, 6.07) is 18.3. The minimum atomic E-state index is -1.33. The van der Waals surface area contributed by atoms with E-state index in [1.54, 1.807) is 12.1 Å². The normalized spacial score (nSPS) is 13.3. The van der Waals surface area contributed by atoms with Crippen LogP contribution in [-0.2, 0) is 15.1 Å². The summed E-state index contributed by atoms with van der Waals surface area (Å²) >= 11 is 0. The highest BCUT2D eigenvalue weighted by atomic mass is 16.5. The number of benzene rings is 2. The van der Waals surface area contributed by atoms with E-state index in [4.69, 9.17) is 15.2 Å². The molecule has 0 aliphatic heterocycles. The van der Waals surface area contributed by atoms with Gasteiger partial charge in [-0.25, -0.2) is 4.79 Å². The molecule has 2 aromatic rings. The second-order valence-corrected chi connectivity index (χ2v) is 4.43. The number of hydrogen-bond acceptors (Lipinski definition) is 4. The molecule has 2 aromatic carbocycles. The molecule has 0 amide bonds. The maximum atomic E-state index is 12.0. The first kappa shape index (κ1) is 14.1. The molecule has 20 heavy (non-hydrogen) atoms. The monoisotopic (exact) mass is 271 g/mol. The van der Waals surface area contributed by atoms with E-state index < -0.39 is 11.5 Å². The van der Waals surface area contributed by atoms with Crippen molar-refractivity contribution in [3.05, 3.63) is 66.2 Å². The molecule has 1 unspecified atom stereocenters. The topological polar surface area (TPSA) is 61.5 Å². The number of carbonyl (C=O) groups is 1. The van der Waals surface area contributed by atoms with Crippen molar-refractivity contribution in [2.24, 2.45) is 5.73 Å². The van der Waals surface area contributed by atoms with E-state index in [9.17, 15) is 4.79 Å². The Morgan fingerprint density at radius 3 is 2.15 bits per heavy atom. The predicted molar refractivity (Wildman–Crippen MR) is 76.3 cm³/mol. The SMILES string of the molecule is COC(=O)C(N)(COc1ccccc1)c1ccccc1. The van der Waals surface area contributed by atoms with E-state index in [0.29, 0.717) is 11.3 Å². The molecule has 1 atom stereocenters. The minimum Gasteiger partial charge on any atom is -0.491 e. The maximum Gasteiger partial charge on any atom is 0.334 e. The van der Waals surface area contributed by atoms with Gasteiger partial charge in [0.05, 0.1) is 7.11 Å². The molecule has 0 spiro atoms. The zero-order valence-electron chi connectivity index (χ0n) is 11.3. The van der Waals surface area contributed by atoms with E-state index in [-0.39, 0.29) is 6.61 Å². The number of ether oxygens (including phenoxy) is 2. The standard InChI is InChI=1S/C16H17NO3/c1-19-15(18)16(17,13-8-4-2-5-9-13)12-20-14-10-6-3-7-11-14/h2-11H,12,17H2,1H3. The van der Waals surface area contributed by atoms with Gasteiger partial charge in [-0.05, 0) is 17.7 Å². The first-order valence-electron chi connectivity index (χ1n) is 6.27. The van der Waals surface area contributed by atoms with Gasteiger partial charge in [0, 0.05) is 0 Å². The van der Waals surface area contributed by atoms with Gasteiger partial charge in [-0.2, -0.15) is 0 Å². The molecule has 4 nitrogen and oxygen atoms in total. The smallest absolute Gasteiger partial charge is 0.334 e. The minimum absolute atomic E-state index is 0.00764. The van der Waals surface area contributed by atoms with E-state index in [0.717, 1.165) is 0 Å². The lowest BCUT2D eigenvalue weighted by atomic mass is 9.92. The molecular weight excluding hydrogens is 254 g/mol. The quantitative estimate of drug-likeness (QED) is 0.846. The molecule has 0 radical (unpaired) electrons. The number of methoxy groups -OCH3 is 1. The summed E-state index contributed by atoms with van der Waals surface area (Å²) in [6.45, 7) is 0.00764. The average Bonchev–Trinajstić information content (AvgIpc) is 2.53. The van der Waals surface area contributed by atoms with Gasteiger partial charge in [-0.3, -0.25) is 0 Å². The van der Waals surface area contributed by atoms with Gasteiger partial charge in [0.1, 0.15) is 12.4 Å². The maximum absolute atomic E-state index is 12.0. The van der Waals surface area contributed by atoms with Crippen LogP contribution in [0.3, 0.4) is 0 Å². The highest BCUT2D eigenvalue weighted by Crippen LogP contribution is 2.22. The number of hydrogen-bond donors (Lipinski definition) is 1. The third-order valence-corrected chi connectivity index (χ3v) is 3.05. The van der Waals surface area contributed by atoms with Crippen molar-refractivity contribution in [2.75, 3.05) is 13.7 Å². The number of carbonyl (C=O) groups excluding carboxylic acids is 1. The Hall–Kier alpha value is -2.33. The van der Waals surface area contributed by atoms with E-state index >= 15 is 0 Å². The first-order chi connectivity index (χ1) is 9.66. The summed E-state index contributed by atoms with van der Waals surface area (Å²) < 4.78 is 10.4. The molecule has 2 rings (SSSR count). The lowest BCUT2D eigenvalue weighted by Gasteiger charge is -2.27. The largest absolute Gasteiger partial charge is 0.491 e. The zero-order valence-corrected chi connectivity index (χ0v) is 11.3. The first-order valence-corrected chi connectivity index (χ1v) is 6.27. The third kappa shape index (κ3) is 2.97. The Morgan fingerprint density at radius 1 is 1.05 bits per heavy atom. The van der Waals surface area contributed by atoms with E-state index in [1.165, 1.54) is 7.11 Å². The van der Waals surface area contributed by atoms with Crippen molar-refractivity contribution in [1.29, 1.82) is 0 Å². The van der Waals surface area contributed by atoms with Gasteiger partial charge >= 0.3 is 5.97 Å². The fourth-order valence-corrected chi connectivity index (χ4v) is 1.89. The van der Waals surface area contributed by atoms with Crippen LogP contribution in [0, 0.1) is 0 Å². The van der Waals surface area contributed by atoms with Crippen LogP contribution in [0.2, 0.25) is 0 Å². The lowest BCUT2D eigenvalue weighted by molar-refractivity contribution is -0.148. The average molecular weight is 271 g/mol. The van der Waals surface area contributed by atoms with Crippen molar-refractivity contribution in [3.63, 3.8) is 0 Å². The molecule has 0 fully saturated rings. The van der Waals surface area contributed by atoms with E-state index in [2.05, 4.69) is 0 Å². The van der Waals surface area contributed by atoms with Gasteiger partial charge in [0.25, 0.3) is 0 Å². The molecular formula is C16H17NO3. The van der Waals surface area contributed by atoms with Gasteiger partial charge in [0.15, 0.2) is 5.54 Å². The zero-order chi connectivity index (χ0) is 14.4. The Labute approximate surface area is 118 Å². The van der Waals surface area contributed by atoms with Crippen LogP contribution in [0.5, 0.6) is 5.75 Å². The second kappa shape index (κ2) is 6.21. The molecule has 104 valence electrons. The summed E-state index contributed by atoms with van der Waals surface area (Å²) in [5.74, 6) is 0.127. The molecule has 0 aromatic heterocycles. The molecule has 0 saturated carbocycles. The third-order valence-electron chi connectivity index (χ3n) is 3.05. The molecule has 0 heterocycles. The Bertz CT molecular complexity index is 556. The van der Waals surface area contributed by atoms with Crippen molar-refractivity contribution in [3.8, 4) is 5.75 Å². The van der Waals surface area contributed by atoms with Crippen LogP contribution in [0.4, 0.5) is 0 Å². The molecule has 0 bridgehead atoms. The van der Waals surface area contributed by atoms with Gasteiger partial charge < -0.3 is 15.2 Å².